The fraction of sp³-hybridized carbons (Fsp3) is 0.167. The third-order valence-electron chi connectivity index (χ3n) is 4.06. The van der Waals surface area contributed by atoms with Crippen molar-refractivity contribution < 1.29 is 14.4 Å². The number of hydrogen-bond donors (Lipinski definition) is 1. The summed E-state index contributed by atoms with van der Waals surface area (Å²) in [5.74, 6) is -1.37. The summed E-state index contributed by atoms with van der Waals surface area (Å²) in [7, 11) is 0. The van der Waals surface area contributed by atoms with Gasteiger partial charge in [-0.05, 0) is 36.8 Å². The Morgan fingerprint density at radius 2 is 1.68 bits per heavy atom. The fourth-order valence-electron chi connectivity index (χ4n) is 2.67. The molecule has 1 aliphatic heterocycles. The Bertz CT molecular complexity index is 847. The number of nitrogens with one attached hydrogen (secondary N) is 1. The van der Waals surface area contributed by atoms with Crippen LogP contribution in [0.4, 0.5) is 0 Å². The molecule has 25 heavy (non-hydrogen) atoms. The molecule has 0 saturated carbocycles. The molecule has 0 fully saturated rings. The zero-order valence-electron chi connectivity index (χ0n) is 13.3. The molecule has 0 spiro atoms. The maximum Gasteiger partial charge on any atom is 0.262 e. The Morgan fingerprint density at radius 3 is 2.24 bits per heavy atom. The van der Waals surface area contributed by atoms with Crippen LogP contribution >= 0.6 is 23.2 Å². The largest absolute Gasteiger partial charge is 0.350 e. The molecule has 0 aliphatic carbocycles. The maximum atomic E-state index is 12.4. The third kappa shape index (κ3) is 3.25. The average Bonchev–Trinajstić information content (AvgIpc) is 2.85. The first kappa shape index (κ1) is 17.5. The summed E-state index contributed by atoms with van der Waals surface area (Å²) in [5, 5.41) is 3.62. The number of halogens is 2. The van der Waals surface area contributed by atoms with Crippen LogP contribution in [0.25, 0.3) is 0 Å². The van der Waals surface area contributed by atoms with Crippen LogP contribution in [-0.2, 0) is 11.3 Å². The van der Waals surface area contributed by atoms with Gasteiger partial charge in [0.25, 0.3) is 11.8 Å². The summed E-state index contributed by atoms with van der Waals surface area (Å²) in [5.41, 5.74) is 1.31. The van der Waals surface area contributed by atoms with Crippen molar-refractivity contribution in [2.24, 2.45) is 0 Å². The van der Waals surface area contributed by atoms with E-state index in [1.54, 1.807) is 42.5 Å². The van der Waals surface area contributed by atoms with Gasteiger partial charge in [-0.15, -0.1) is 0 Å². The van der Waals surface area contributed by atoms with Gasteiger partial charge in [0, 0.05) is 16.6 Å². The lowest BCUT2D eigenvalue weighted by molar-refractivity contribution is -0.124. The first-order chi connectivity index (χ1) is 11.9. The highest BCUT2D eigenvalue weighted by molar-refractivity contribution is 6.35. The van der Waals surface area contributed by atoms with E-state index < -0.39 is 23.8 Å². The number of rotatable bonds is 4. The van der Waals surface area contributed by atoms with Crippen molar-refractivity contribution >= 4 is 40.9 Å². The Kier molecular flexibility index (Phi) is 4.79. The van der Waals surface area contributed by atoms with Gasteiger partial charge in [-0.2, -0.15) is 0 Å². The van der Waals surface area contributed by atoms with E-state index in [2.05, 4.69) is 5.32 Å². The molecule has 5 nitrogen and oxygen atoms in total. The first-order valence-corrected chi connectivity index (χ1v) is 8.34. The molecule has 128 valence electrons. The predicted molar refractivity (Wildman–Crippen MR) is 94.7 cm³/mol. The van der Waals surface area contributed by atoms with Crippen molar-refractivity contribution in [3.8, 4) is 0 Å². The van der Waals surface area contributed by atoms with E-state index in [1.807, 2.05) is 0 Å². The highest BCUT2D eigenvalue weighted by atomic mass is 35.5. The molecule has 2 aromatic carbocycles. The second-order valence-electron chi connectivity index (χ2n) is 5.66. The Morgan fingerprint density at radius 1 is 1.08 bits per heavy atom. The number of nitrogens with zero attached hydrogens (tertiary/aromatic N) is 1. The smallest absolute Gasteiger partial charge is 0.262 e. The summed E-state index contributed by atoms with van der Waals surface area (Å²) in [6.07, 6.45) is 0. The van der Waals surface area contributed by atoms with Crippen LogP contribution in [0.15, 0.2) is 42.5 Å². The number of fused-ring (bicyclic) bond motifs is 1. The topological polar surface area (TPSA) is 66.5 Å². The van der Waals surface area contributed by atoms with Gasteiger partial charge in [0.2, 0.25) is 5.91 Å². The lowest BCUT2D eigenvalue weighted by Crippen LogP contribution is -2.47. The summed E-state index contributed by atoms with van der Waals surface area (Å²) in [4.78, 5) is 38.2. The Labute approximate surface area is 154 Å². The fourth-order valence-corrected chi connectivity index (χ4v) is 3.15. The number of benzene rings is 2. The molecular formula is C18H14Cl2N2O3. The quantitative estimate of drug-likeness (QED) is 0.832. The van der Waals surface area contributed by atoms with Crippen molar-refractivity contribution in [3.63, 3.8) is 0 Å². The minimum absolute atomic E-state index is 0.169. The maximum absolute atomic E-state index is 12.4. The highest BCUT2D eigenvalue weighted by Crippen LogP contribution is 2.25. The van der Waals surface area contributed by atoms with Crippen LogP contribution < -0.4 is 5.32 Å². The summed E-state index contributed by atoms with van der Waals surface area (Å²) >= 11 is 11.9. The number of imide groups is 1. The molecule has 0 bridgehead atoms. The molecule has 0 aromatic heterocycles. The van der Waals surface area contributed by atoms with Crippen LogP contribution in [0.5, 0.6) is 0 Å². The van der Waals surface area contributed by atoms with Gasteiger partial charge in [-0.25, -0.2) is 0 Å². The zero-order chi connectivity index (χ0) is 18.1. The third-order valence-corrected chi connectivity index (χ3v) is 4.65. The van der Waals surface area contributed by atoms with Crippen LogP contribution in [-0.4, -0.2) is 28.7 Å². The van der Waals surface area contributed by atoms with E-state index in [0.717, 1.165) is 4.90 Å². The zero-order valence-corrected chi connectivity index (χ0v) is 14.8. The van der Waals surface area contributed by atoms with Gasteiger partial charge in [-0.1, -0.05) is 41.4 Å². The number of amides is 3. The molecule has 0 radical (unpaired) electrons. The number of carbonyl (C=O) groups excluding carboxylic acids is 3. The van der Waals surface area contributed by atoms with Gasteiger partial charge in [0.1, 0.15) is 6.04 Å². The van der Waals surface area contributed by atoms with Crippen molar-refractivity contribution in [2.75, 3.05) is 0 Å². The monoisotopic (exact) mass is 376 g/mol. The van der Waals surface area contributed by atoms with E-state index in [9.17, 15) is 14.4 Å². The molecular weight excluding hydrogens is 363 g/mol. The summed E-state index contributed by atoms with van der Waals surface area (Å²) in [6.45, 7) is 1.68. The molecule has 3 amide bonds. The molecule has 1 atom stereocenters. The van der Waals surface area contributed by atoms with Crippen molar-refractivity contribution in [1.29, 1.82) is 0 Å². The number of hydrogen-bond acceptors (Lipinski definition) is 3. The van der Waals surface area contributed by atoms with Crippen LogP contribution in [0.1, 0.15) is 33.2 Å². The second-order valence-corrected chi connectivity index (χ2v) is 6.50. The second kappa shape index (κ2) is 6.86. The lowest BCUT2D eigenvalue weighted by atomic mass is 10.1. The standard InChI is InChI=1S/C18H14Cl2N2O3/c1-10(16(23)21-9-11-6-7-12(19)8-15(11)20)22-17(24)13-4-2-3-5-14(13)18(22)25/h2-8,10H,9H2,1H3,(H,21,23)/t10-/m1/s1. The molecule has 1 aliphatic rings. The highest BCUT2D eigenvalue weighted by Gasteiger charge is 2.40. The van der Waals surface area contributed by atoms with Gasteiger partial charge in [0.05, 0.1) is 11.1 Å². The van der Waals surface area contributed by atoms with Crippen molar-refractivity contribution in [3.05, 3.63) is 69.2 Å². The normalized spacial score (nSPS) is 14.4. The Hall–Kier alpha value is -2.37. The summed E-state index contributed by atoms with van der Waals surface area (Å²) in [6, 6.07) is 10.5. The molecule has 0 saturated heterocycles. The van der Waals surface area contributed by atoms with Gasteiger partial charge in [-0.3, -0.25) is 19.3 Å². The first-order valence-electron chi connectivity index (χ1n) is 7.58. The lowest BCUT2D eigenvalue weighted by Gasteiger charge is -2.21. The Balaban J connectivity index is 1.71. The van der Waals surface area contributed by atoms with Gasteiger partial charge < -0.3 is 5.32 Å². The van der Waals surface area contributed by atoms with E-state index in [1.165, 1.54) is 6.92 Å². The average molecular weight is 377 g/mol. The van der Waals surface area contributed by atoms with Crippen molar-refractivity contribution in [2.45, 2.75) is 19.5 Å². The van der Waals surface area contributed by atoms with E-state index in [0.29, 0.717) is 26.7 Å². The number of carbonyl (C=O) groups is 3. The molecule has 7 heteroatoms. The predicted octanol–water partition coefficient (Wildman–Crippen LogP) is 3.29. The molecule has 3 rings (SSSR count). The SMILES string of the molecule is C[C@H](C(=O)NCc1ccc(Cl)cc1Cl)N1C(=O)c2ccccc2C1=O. The van der Waals surface area contributed by atoms with Crippen molar-refractivity contribution in [1.82, 2.24) is 10.2 Å². The van der Waals surface area contributed by atoms with Gasteiger partial charge >= 0.3 is 0 Å². The van der Waals surface area contributed by atoms with E-state index in [-0.39, 0.29) is 6.54 Å². The molecule has 0 unspecified atom stereocenters. The van der Waals surface area contributed by atoms with Crippen LogP contribution in [0, 0.1) is 0 Å². The molecule has 2 aromatic rings. The summed E-state index contributed by atoms with van der Waals surface area (Å²) < 4.78 is 0. The van der Waals surface area contributed by atoms with E-state index in [4.69, 9.17) is 23.2 Å². The van der Waals surface area contributed by atoms with E-state index >= 15 is 0 Å². The van der Waals surface area contributed by atoms with Gasteiger partial charge in [0.15, 0.2) is 0 Å². The molecule has 1 N–H and O–H groups in total. The minimum Gasteiger partial charge on any atom is -0.350 e. The van der Waals surface area contributed by atoms with Crippen LogP contribution in [0.3, 0.4) is 0 Å². The van der Waals surface area contributed by atoms with Crippen LogP contribution in [0.2, 0.25) is 10.0 Å². The minimum atomic E-state index is -0.932. The molecule has 1 heterocycles.